The van der Waals surface area contributed by atoms with Crippen LogP contribution in [0.15, 0.2) is 121 Å². The van der Waals surface area contributed by atoms with E-state index in [2.05, 4.69) is 0 Å². The Labute approximate surface area is 215 Å². The molecule has 0 aliphatic heterocycles. The molecule has 0 aliphatic rings. The van der Waals surface area contributed by atoms with E-state index in [1.54, 1.807) is 12.1 Å². The van der Waals surface area contributed by atoms with Crippen molar-refractivity contribution in [2.75, 3.05) is 0 Å². The zero-order valence-electron chi connectivity index (χ0n) is 19.4. The van der Waals surface area contributed by atoms with Gasteiger partial charge in [-0.25, -0.2) is 18.6 Å². The normalized spacial score (nSPS) is 10.9. The predicted octanol–water partition coefficient (Wildman–Crippen LogP) is 1.62. The van der Waals surface area contributed by atoms with Crippen LogP contribution in [0.5, 0.6) is 11.5 Å². The summed E-state index contributed by atoms with van der Waals surface area (Å²) in [5.74, 6) is 0.295. The minimum atomic E-state index is -4.94. The maximum atomic E-state index is 11.6. The fraction of sp³-hybridized carbons (Fsp3) is 0. The molecule has 4 aromatic carbocycles. The van der Waals surface area contributed by atoms with Crippen molar-refractivity contribution in [1.29, 1.82) is 0 Å². The number of pyridine rings is 1. The SMILES string of the molecule is Oc1ccccc1-[n+]1c(-c2ccccc2)cc(-c2ccccc2)c(O)c1-c1ccccc1.[O-][Cl+3]([O-])([O-])[O-]. The van der Waals surface area contributed by atoms with Crippen LogP contribution in [-0.2, 0) is 0 Å². The third-order valence-electron chi connectivity index (χ3n) is 5.55. The molecular formula is C29H22ClNO6. The van der Waals surface area contributed by atoms with E-state index in [0.29, 0.717) is 11.4 Å². The molecule has 1 heterocycles. The zero-order chi connectivity index (χ0) is 26.4. The molecule has 0 saturated heterocycles. The maximum absolute atomic E-state index is 11.6. The van der Waals surface area contributed by atoms with Gasteiger partial charge in [0.05, 0.1) is 5.56 Å². The van der Waals surface area contributed by atoms with Gasteiger partial charge in [-0.05, 0) is 35.9 Å². The molecule has 37 heavy (non-hydrogen) atoms. The van der Waals surface area contributed by atoms with Crippen molar-refractivity contribution in [3.8, 4) is 50.8 Å². The van der Waals surface area contributed by atoms with Crippen LogP contribution < -0.4 is 23.2 Å². The Balaban J connectivity index is 0.000000586. The first-order valence-electron chi connectivity index (χ1n) is 11.1. The summed E-state index contributed by atoms with van der Waals surface area (Å²) >= 11 is 0. The highest BCUT2D eigenvalue weighted by atomic mass is 35.7. The lowest BCUT2D eigenvalue weighted by atomic mass is 9.97. The standard InChI is InChI=1S/C29H21NO2.ClHO4/c31-27-19-11-10-18-25(27)30-26(22-14-6-2-7-15-22)20-24(21-12-4-1-5-13-21)29(32)28(30)23-16-8-3-9-17-23;2-1(3,4)5/h1-20H,(H-,31,32);(H,2,3,4,5). The Morgan fingerprint density at radius 3 is 1.49 bits per heavy atom. The van der Waals surface area contributed by atoms with Gasteiger partial charge in [0.15, 0.2) is 11.5 Å². The molecule has 5 rings (SSSR count). The van der Waals surface area contributed by atoms with Crippen molar-refractivity contribution in [3.05, 3.63) is 121 Å². The summed E-state index contributed by atoms with van der Waals surface area (Å²) in [7, 11) is -4.94. The average molecular weight is 516 g/mol. The number of halogens is 1. The minimum Gasteiger partial charge on any atom is -0.502 e. The van der Waals surface area contributed by atoms with Gasteiger partial charge >= 0.3 is 0 Å². The Kier molecular flexibility index (Phi) is 7.83. The monoisotopic (exact) mass is 515 g/mol. The summed E-state index contributed by atoms with van der Waals surface area (Å²) in [4.78, 5) is 0. The molecule has 1 aromatic heterocycles. The number of hydrogen-bond acceptors (Lipinski definition) is 6. The van der Waals surface area contributed by atoms with Gasteiger partial charge in [-0.15, -0.1) is 14.8 Å². The first-order chi connectivity index (χ1) is 17.7. The molecule has 0 atom stereocenters. The number of aromatic nitrogens is 1. The van der Waals surface area contributed by atoms with Crippen molar-refractivity contribution in [2.45, 2.75) is 0 Å². The molecule has 0 unspecified atom stereocenters. The van der Waals surface area contributed by atoms with Crippen LogP contribution in [0, 0.1) is 10.2 Å². The Morgan fingerprint density at radius 2 is 0.973 bits per heavy atom. The molecule has 0 fully saturated rings. The van der Waals surface area contributed by atoms with E-state index in [1.807, 2.05) is 114 Å². The third kappa shape index (κ3) is 6.31. The number of phenols is 1. The second-order valence-electron chi connectivity index (χ2n) is 7.94. The lowest BCUT2D eigenvalue weighted by molar-refractivity contribution is -2.00. The molecule has 0 amide bonds. The highest BCUT2D eigenvalue weighted by Gasteiger charge is 2.31. The van der Waals surface area contributed by atoms with Crippen LogP contribution in [0.3, 0.4) is 0 Å². The van der Waals surface area contributed by atoms with Crippen LogP contribution in [0.25, 0.3) is 39.3 Å². The van der Waals surface area contributed by atoms with Gasteiger partial charge in [-0.3, -0.25) is 0 Å². The summed E-state index contributed by atoms with van der Waals surface area (Å²) in [6, 6.07) is 38.8. The van der Waals surface area contributed by atoms with Crippen LogP contribution >= 0.6 is 0 Å². The van der Waals surface area contributed by atoms with Crippen LogP contribution in [0.4, 0.5) is 0 Å². The van der Waals surface area contributed by atoms with Crippen molar-refractivity contribution in [2.24, 2.45) is 0 Å². The highest BCUT2D eigenvalue weighted by molar-refractivity contribution is 5.81. The molecule has 0 spiro atoms. The molecule has 0 aliphatic carbocycles. The Hall–Kier alpha value is -4.24. The first-order valence-corrected chi connectivity index (χ1v) is 12.4. The average Bonchev–Trinajstić information content (AvgIpc) is 2.89. The van der Waals surface area contributed by atoms with Gasteiger partial charge < -0.3 is 10.2 Å². The van der Waals surface area contributed by atoms with Gasteiger partial charge in [0.2, 0.25) is 5.69 Å². The summed E-state index contributed by atoms with van der Waals surface area (Å²) in [6.07, 6.45) is 0. The largest absolute Gasteiger partial charge is 0.502 e. The quantitative estimate of drug-likeness (QED) is 0.349. The van der Waals surface area contributed by atoms with Crippen molar-refractivity contribution >= 4 is 0 Å². The van der Waals surface area contributed by atoms with E-state index >= 15 is 0 Å². The van der Waals surface area contributed by atoms with Gasteiger partial charge in [-0.2, -0.15) is 0 Å². The van der Waals surface area contributed by atoms with E-state index in [1.165, 1.54) is 0 Å². The van der Waals surface area contributed by atoms with Crippen molar-refractivity contribution in [1.82, 2.24) is 0 Å². The Morgan fingerprint density at radius 1 is 0.541 bits per heavy atom. The van der Waals surface area contributed by atoms with Gasteiger partial charge in [-0.1, -0.05) is 78.9 Å². The predicted molar refractivity (Wildman–Crippen MR) is 128 cm³/mol. The molecule has 5 aromatic rings. The summed E-state index contributed by atoms with van der Waals surface area (Å²) in [6.45, 7) is 0. The summed E-state index contributed by atoms with van der Waals surface area (Å²) in [5, 5.41) is 22.4. The van der Waals surface area contributed by atoms with Gasteiger partial charge in [0.25, 0.3) is 11.4 Å². The molecule has 7 nitrogen and oxygen atoms in total. The third-order valence-corrected chi connectivity index (χ3v) is 5.55. The fourth-order valence-corrected chi connectivity index (χ4v) is 4.05. The smallest absolute Gasteiger partial charge is 0.261 e. The second kappa shape index (κ2) is 11.2. The van der Waals surface area contributed by atoms with E-state index in [-0.39, 0.29) is 11.5 Å². The van der Waals surface area contributed by atoms with Crippen molar-refractivity contribution in [3.63, 3.8) is 0 Å². The maximum Gasteiger partial charge on any atom is 0.261 e. The van der Waals surface area contributed by atoms with Gasteiger partial charge in [0, 0.05) is 23.3 Å². The van der Waals surface area contributed by atoms with Crippen LogP contribution in [0.1, 0.15) is 0 Å². The zero-order valence-corrected chi connectivity index (χ0v) is 20.2. The number of phenolic OH excluding ortho intramolecular Hbond substituents is 1. The Bertz CT molecular complexity index is 1470. The molecule has 0 radical (unpaired) electrons. The number of rotatable bonds is 4. The number of nitrogens with zero attached hydrogens (tertiary/aromatic N) is 1. The molecule has 8 heteroatoms. The molecule has 0 bridgehead atoms. The highest BCUT2D eigenvalue weighted by Crippen LogP contribution is 2.40. The van der Waals surface area contributed by atoms with E-state index < -0.39 is 10.2 Å². The molecular weight excluding hydrogens is 494 g/mol. The van der Waals surface area contributed by atoms with Crippen molar-refractivity contribution < 1.29 is 43.7 Å². The van der Waals surface area contributed by atoms with Crippen LogP contribution in [-0.4, -0.2) is 10.2 Å². The summed E-state index contributed by atoms with van der Waals surface area (Å²) in [5.41, 5.74) is 5.56. The minimum absolute atomic E-state index is 0.138. The van der Waals surface area contributed by atoms with Gasteiger partial charge in [0.1, 0.15) is 0 Å². The second-order valence-corrected chi connectivity index (χ2v) is 8.70. The van der Waals surface area contributed by atoms with Crippen LogP contribution in [0.2, 0.25) is 0 Å². The number of hydrogen-bond donors (Lipinski definition) is 2. The van der Waals surface area contributed by atoms with E-state index in [0.717, 1.165) is 27.9 Å². The number of aromatic hydroxyl groups is 2. The lowest BCUT2D eigenvalue weighted by Gasteiger charge is -2.17. The summed E-state index contributed by atoms with van der Waals surface area (Å²) < 4.78 is 35.9. The topological polar surface area (TPSA) is 137 Å². The number of para-hydroxylation sites is 2. The fourth-order valence-electron chi connectivity index (χ4n) is 4.05. The first kappa shape index (κ1) is 25.8. The molecule has 186 valence electrons. The lowest BCUT2D eigenvalue weighted by Crippen LogP contribution is -2.68. The van der Waals surface area contributed by atoms with E-state index in [4.69, 9.17) is 18.6 Å². The molecule has 0 saturated carbocycles. The van der Waals surface area contributed by atoms with E-state index in [9.17, 15) is 10.2 Å². The molecule has 2 N–H and O–H groups in total. The number of benzene rings is 4.